The van der Waals surface area contributed by atoms with Crippen LogP contribution in [0.3, 0.4) is 0 Å². The summed E-state index contributed by atoms with van der Waals surface area (Å²) in [7, 11) is 0.877. The van der Waals surface area contributed by atoms with Crippen LogP contribution in [0.25, 0.3) is 0 Å². The van der Waals surface area contributed by atoms with Crippen molar-refractivity contribution in [3.8, 4) is 5.75 Å². The van der Waals surface area contributed by atoms with Gasteiger partial charge in [0.15, 0.2) is 0 Å². The van der Waals surface area contributed by atoms with E-state index in [1.165, 1.54) is 74.5 Å². The fraction of sp³-hybridized carbons (Fsp3) is 0.316. The molecule has 0 unspecified atom stereocenters. The Morgan fingerprint density at radius 1 is 0.533 bits per heavy atom. The Kier molecular flexibility index (Phi) is 15.3. The van der Waals surface area contributed by atoms with Gasteiger partial charge >= 0.3 is 11.9 Å². The van der Waals surface area contributed by atoms with Crippen LogP contribution in [0.1, 0.15) is 72.1 Å². The molecule has 4 aromatic carbocycles. The van der Waals surface area contributed by atoms with Gasteiger partial charge in [0.25, 0.3) is 0 Å². The van der Waals surface area contributed by atoms with E-state index < -0.39 is 19.2 Å². The largest absolute Gasteiger partial charge is 1.00 e. The SMILES string of the molecule is COC(=O)c1cc(OCCCCCCCCCC[P+](c2ccccc2)(c2ccccc2)c2ccccc2)cc(C(=O)OC)c1.[Br-]. The van der Waals surface area contributed by atoms with Crippen molar-refractivity contribution >= 4 is 35.1 Å². The van der Waals surface area contributed by atoms with E-state index in [1.807, 2.05) is 0 Å². The quantitative estimate of drug-likeness (QED) is 0.0909. The lowest BCUT2D eigenvalue weighted by atomic mass is 10.1. The minimum absolute atomic E-state index is 0. The summed E-state index contributed by atoms with van der Waals surface area (Å²) in [5.41, 5.74) is 0.530. The van der Waals surface area contributed by atoms with E-state index in [2.05, 4.69) is 91.0 Å². The average Bonchev–Trinajstić information content (AvgIpc) is 3.09. The minimum atomic E-state index is -1.74. The molecule has 0 saturated carbocycles. The third-order valence-corrected chi connectivity index (χ3v) is 12.5. The molecule has 45 heavy (non-hydrogen) atoms. The molecule has 0 aromatic heterocycles. The minimum Gasteiger partial charge on any atom is -1.00 e. The number of carbonyl (C=O) groups is 2. The van der Waals surface area contributed by atoms with E-state index in [1.54, 1.807) is 12.1 Å². The number of methoxy groups -OCH3 is 2. The molecule has 7 heteroatoms. The average molecular weight is 692 g/mol. The van der Waals surface area contributed by atoms with Crippen LogP contribution in [0.15, 0.2) is 109 Å². The Morgan fingerprint density at radius 3 is 1.31 bits per heavy atom. The molecular formula is C38H44BrO5P. The van der Waals surface area contributed by atoms with Gasteiger partial charge in [-0.3, -0.25) is 0 Å². The molecular weight excluding hydrogens is 647 g/mol. The first-order valence-corrected chi connectivity index (χ1v) is 17.6. The number of benzene rings is 4. The molecule has 4 rings (SSSR count). The maximum Gasteiger partial charge on any atom is 0.338 e. The van der Waals surface area contributed by atoms with Crippen molar-refractivity contribution in [2.24, 2.45) is 0 Å². The molecule has 0 amide bonds. The van der Waals surface area contributed by atoms with Crippen molar-refractivity contribution in [3.63, 3.8) is 0 Å². The second kappa shape index (κ2) is 19.1. The molecule has 0 fully saturated rings. The van der Waals surface area contributed by atoms with Gasteiger partial charge in [-0.25, -0.2) is 9.59 Å². The lowest BCUT2D eigenvalue weighted by Crippen LogP contribution is -3.00. The number of unbranched alkanes of at least 4 members (excludes halogenated alkanes) is 7. The predicted octanol–water partition coefficient (Wildman–Crippen LogP) is 4.76. The van der Waals surface area contributed by atoms with E-state index in [9.17, 15) is 9.59 Å². The van der Waals surface area contributed by atoms with Gasteiger partial charge in [-0.15, -0.1) is 0 Å². The third-order valence-electron chi connectivity index (χ3n) is 8.00. The summed E-state index contributed by atoms with van der Waals surface area (Å²) in [5.74, 6) is -0.574. The van der Waals surface area contributed by atoms with Crippen molar-refractivity contribution in [1.82, 2.24) is 0 Å². The number of ether oxygens (including phenoxy) is 3. The molecule has 0 saturated heterocycles. The van der Waals surface area contributed by atoms with E-state index in [-0.39, 0.29) is 28.1 Å². The molecule has 0 spiro atoms. The highest BCUT2D eigenvalue weighted by atomic mass is 79.9. The number of carbonyl (C=O) groups excluding carboxylic acids is 2. The van der Waals surface area contributed by atoms with E-state index in [4.69, 9.17) is 14.2 Å². The normalized spacial score (nSPS) is 10.9. The highest BCUT2D eigenvalue weighted by Crippen LogP contribution is 2.56. The zero-order valence-corrected chi connectivity index (χ0v) is 28.8. The van der Waals surface area contributed by atoms with E-state index in [0.717, 1.165) is 19.3 Å². The van der Waals surface area contributed by atoms with Crippen molar-refractivity contribution in [2.75, 3.05) is 27.0 Å². The second-order valence-electron chi connectivity index (χ2n) is 10.9. The molecule has 4 aromatic rings. The van der Waals surface area contributed by atoms with Crippen LogP contribution < -0.4 is 37.6 Å². The fourth-order valence-electron chi connectivity index (χ4n) is 5.74. The van der Waals surface area contributed by atoms with Gasteiger partial charge < -0.3 is 31.2 Å². The van der Waals surface area contributed by atoms with Crippen LogP contribution >= 0.6 is 7.26 Å². The van der Waals surface area contributed by atoms with Crippen LogP contribution in [-0.4, -0.2) is 38.9 Å². The summed E-state index contributed by atoms with van der Waals surface area (Å²) >= 11 is 0. The van der Waals surface area contributed by atoms with Gasteiger partial charge in [-0.2, -0.15) is 0 Å². The topological polar surface area (TPSA) is 61.8 Å². The van der Waals surface area contributed by atoms with E-state index >= 15 is 0 Å². The number of hydrogen-bond acceptors (Lipinski definition) is 5. The Balaban J connectivity index is 0.00000552. The second-order valence-corrected chi connectivity index (χ2v) is 14.6. The zero-order chi connectivity index (χ0) is 31.0. The molecule has 238 valence electrons. The molecule has 0 aliphatic heterocycles. The van der Waals surface area contributed by atoms with E-state index in [0.29, 0.717) is 12.4 Å². The number of esters is 2. The molecule has 0 bridgehead atoms. The van der Waals surface area contributed by atoms with Crippen LogP contribution in [0, 0.1) is 0 Å². The maximum atomic E-state index is 12.0. The first kappa shape index (κ1) is 36.0. The number of hydrogen-bond donors (Lipinski definition) is 0. The smallest absolute Gasteiger partial charge is 0.338 e. The van der Waals surface area contributed by atoms with Crippen LogP contribution in [0.2, 0.25) is 0 Å². The first-order chi connectivity index (χ1) is 21.6. The summed E-state index contributed by atoms with van der Waals surface area (Å²) in [5, 5.41) is 4.37. The monoisotopic (exact) mass is 690 g/mol. The molecule has 0 N–H and O–H groups in total. The first-order valence-electron chi connectivity index (χ1n) is 15.6. The standard InChI is InChI=1S/C38H44O5P.BrH/c1-41-37(39)31-28-32(38(40)42-2)30-33(29-31)43-26-18-7-5-3-4-6-8-19-27-44(34-20-12-9-13-21-34,35-22-14-10-15-23-35)36-24-16-11-17-25-36;/h9-17,20-25,28-30H,3-8,18-19,26-27H2,1-2H3;1H/q+1;/p-1. The number of halogens is 1. The molecule has 0 radical (unpaired) electrons. The molecule has 0 atom stereocenters. The number of rotatable bonds is 17. The third kappa shape index (κ3) is 10.0. The van der Waals surface area contributed by atoms with Gasteiger partial charge in [0.05, 0.1) is 38.1 Å². The Bertz CT molecular complexity index is 1320. The molecule has 0 aliphatic rings. The Morgan fingerprint density at radius 2 is 0.911 bits per heavy atom. The van der Waals surface area contributed by atoms with Gasteiger partial charge in [0.1, 0.15) is 28.9 Å². The summed E-state index contributed by atoms with van der Waals surface area (Å²) < 4.78 is 15.5. The van der Waals surface area contributed by atoms with Gasteiger partial charge in [0.2, 0.25) is 0 Å². The lowest BCUT2D eigenvalue weighted by molar-refractivity contribution is -0.0000379. The van der Waals surface area contributed by atoms with Crippen molar-refractivity contribution < 1.29 is 40.8 Å². The van der Waals surface area contributed by atoms with Gasteiger partial charge in [-0.05, 0) is 73.9 Å². The molecule has 5 nitrogen and oxygen atoms in total. The Hall–Kier alpha value is -3.47. The highest BCUT2D eigenvalue weighted by Gasteiger charge is 2.44. The predicted molar refractivity (Wildman–Crippen MR) is 182 cm³/mol. The molecule has 0 aliphatic carbocycles. The van der Waals surface area contributed by atoms with Gasteiger partial charge in [-0.1, -0.05) is 86.7 Å². The fourth-order valence-corrected chi connectivity index (χ4v) is 10.1. The zero-order valence-electron chi connectivity index (χ0n) is 26.3. The lowest BCUT2D eigenvalue weighted by Gasteiger charge is -2.27. The maximum absolute atomic E-state index is 12.0. The van der Waals surface area contributed by atoms with Crippen molar-refractivity contribution in [2.45, 2.75) is 51.4 Å². The van der Waals surface area contributed by atoms with Crippen LogP contribution in [0.5, 0.6) is 5.75 Å². The Labute approximate surface area is 279 Å². The van der Waals surface area contributed by atoms with Gasteiger partial charge in [0, 0.05) is 0 Å². The van der Waals surface area contributed by atoms with Crippen molar-refractivity contribution in [1.29, 1.82) is 0 Å². The highest BCUT2D eigenvalue weighted by molar-refractivity contribution is 7.95. The summed E-state index contributed by atoms with van der Waals surface area (Å²) in [6.45, 7) is 0.523. The summed E-state index contributed by atoms with van der Waals surface area (Å²) in [6.07, 6.45) is 10.4. The molecule has 0 heterocycles. The van der Waals surface area contributed by atoms with Crippen LogP contribution in [0.4, 0.5) is 0 Å². The summed E-state index contributed by atoms with van der Waals surface area (Å²) in [4.78, 5) is 24.0. The van der Waals surface area contributed by atoms with Crippen LogP contribution in [-0.2, 0) is 9.47 Å². The van der Waals surface area contributed by atoms with Crippen molar-refractivity contribution in [3.05, 3.63) is 120 Å². The summed E-state index contributed by atoms with van der Waals surface area (Å²) in [6, 6.07) is 38.0.